The summed E-state index contributed by atoms with van der Waals surface area (Å²) < 4.78 is 5.37. The summed E-state index contributed by atoms with van der Waals surface area (Å²) in [5.41, 5.74) is 2.24. The molecule has 18 heavy (non-hydrogen) atoms. The molecule has 0 amide bonds. The van der Waals surface area contributed by atoms with E-state index in [1.807, 2.05) is 12.1 Å². The first-order valence-corrected chi connectivity index (χ1v) is 6.47. The smallest absolute Gasteiger partial charge is 0.244 e. The molecule has 1 aromatic heterocycles. The SMILES string of the molecule is Cc1ccc(-c2noc(C3CCCCN3)n2)cc1. The lowest BCUT2D eigenvalue weighted by molar-refractivity contribution is 0.297. The van der Waals surface area contributed by atoms with Gasteiger partial charge in [-0.3, -0.25) is 0 Å². The van der Waals surface area contributed by atoms with E-state index in [4.69, 9.17) is 4.52 Å². The van der Waals surface area contributed by atoms with Crippen molar-refractivity contribution < 1.29 is 4.52 Å². The van der Waals surface area contributed by atoms with E-state index in [2.05, 4.69) is 34.5 Å². The van der Waals surface area contributed by atoms with Crippen LogP contribution in [0.1, 0.15) is 36.8 Å². The number of aromatic nitrogens is 2. The fraction of sp³-hybridized carbons (Fsp3) is 0.429. The van der Waals surface area contributed by atoms with E-state index in [0.29, 0.717) is 11.7 Å². The van der Waals surface area contributed by atoms with Crippen LogP contribution in [0, 0.1) is 6.92 Å². The highest BCUT2D eigenvalue weighted by Gasteiger charge is 2.21. The molecule has 1 unspecified atom stereocenters. The summed E-state index contributed by atoms with van der Waals surface area (Å²) in [6.07, 6.45) is 3.53. The lowest BCUT2D eigenvalue weighted by Crippen LogP contribution is -2.26. The van der Waals surface area contributed by atoms with E-state index in [1.165, 1.54) is 18.4 Å². The van der Waals surface area contributed by atoms with Gasteiger partial charge < -0.3 is 9.84 Å². The predicted octanol–water partition coefficient (Wildman–Crippen LogP) is 2.86. The number of hydrogen-bond donors (Lipinski definition) is 1. The van der Waals surface area contributed by atoms with Gasteiger partial charge in [0.25, 0.3) is 0 Å². The van der Waals surface area contributed by atoms with Crippen LogP contribution in [0.2, 0.25) is 0 Å². The Morgan fingerprint density at radius 1 is 1.22 bits per heavy atom. The van der Waals surface area contributed by atoms with Crippen LogP contribution in [0.4, 0.5) is 0 Å². The van der Waals surface area contributed by atoms with Crippen molar-refractivity contribution in [3.63, 3.8) is 0 Å². The third-order valence-corrected chi connectivity index (χ3v) is 3.36. The Morgan fingerprint density at radius 2 is 2.06 bits per heavy atom. The Hall–Kier alpha value is -1.68. The molecule has 2 aromatic rings. The molecule has 2 heterocycles. The third-order valence-electron chi connectivity index (χ3n) is 3.36. The van der Waals surface area contributed by atoms with Crippen LogP contribution in [-0.2, 0) is 0 Å². The van der Waals surface area contributed by atoms with Gasteiger partial charge in [0.05, 0.1) is 6.04 Å². The molecule has 0 bridgehead atoms. The lowest BCUT2D eigenvalue weighted by Gasteiger charge is -2.19. The summed E-state index contributed by atoms with van der Waals surface area (Å²) in [7, 11) is 0. The number of nitrogens with zero attached hydrogens (tertiary/aromatic N) is 2. The van der Waals surface area contributed by atoms with Crippen molar-refractivity contribution in [2.45, 2.75) is 32.2 Å². The fourth-order valence-electron chi connectivity index (χ4n) is 2.26. The number of aryl methyl sites for hydroxylation is 1. The van der Waals surface area contributed by atoms with Crippen molar-refractivity contribution in [1.82, 2.24) is 15.5 Å². The van der Waals surface area contributed by atoms with Crippen molar-refractivity contribution >= 4 is 0 Å². The van der Waals surface area contributed by atoms with Gasteiger partial charge in [0.1, 0.15) is 0 Å². The highest BCUT2D eigenvalue weighted by atomic mass is 16.5. The maximum atomic E-state index is 5.37. The number of nitrogens with one attached hydrogen (secondary N) is 1. The standard InChI is InChI=1S/C14H17N3O/c1-10-5-7-11(8-6-10)13-16-14(18-17-13)12-4-2-3-9-15-12/h5-8,12,15H,2-4,9H2,1H3. The Balaban J connectivity index is 1.82. The van der Waals surface area contributed by atoms with Crippen LogP contribution in [0.5, 0.6) is 0 Å². The van der Waals surface area contributed by atoms with Gasteiger partial charge in [-0.05, 0) is 26.3 Å². The Morgan fingerprint density at radius 3 is 2.78 bits per heavy atom. The second-order valence-corrected chi connectivity index (χ2v) is 4.82. The van der Waals surface area contributed by atoms with Crippen molar-refractivity contribution in [2.24, 2.45) is 0 Å². The molecule has 0 aliphatic carbocycles. The summed E-state index contributed by atoms with van der Waals surface area (Å²) in [5.74, 6) is 1.39. The molecular weight excluding hydrogens is 226 g/mol. The molecule has 3 rings (SSSR count). The number of rotatable bonds is 2. The quantitative estimate of drug-likeness (QED) is 0.881. The van der Waals surface area contributed by atoms with Gasteiger partial charge in [-0.25, -0.2) is 0 Å². The average Bonchev–Trinajstić information content (AvgIpc) is 2.90. The molecule has 0 spiro atoms. The van der Waals surface area contributed by atoms with Crippen LogP contribution in [0.15, 0.2) is 28.8 Å². The molecule has 1 atom stereocenters. The largest absolute Gasteiger partial charge is 0.337 e. The van der Waals surface area contributed by atoms with Crippen molar-refractivity contribution in [3.8, 4) is 11.4 Å². The maximum Gasteiger partial charge on any atom is 0.244 e. The van der Waals surface area contributed by atoms with E-state index in [-0.39, 0.29) is 6.04 Å². The summed E-state index contributed by atoms with van der Waals surface area (Å²) in [5, 5.41) is 7.48. The Kier molecular flexibility index (Phi) is 3.11. The predicted molar refractivity (Wildman–Crippen MR) is 69.1 cm³/mol. The minimum atomic E-state index is 0.227. The van der Waals surface area contributed by atoms with E-state index in [9.17, 15) is 0 Å². The normalized spacial score (nSPS) is 19.9. The summed E-state index contributed by atoms with van der Waals surface area (Å²) in [6.45, 7) is 3.10. The molecule has 0 saturated carbocycles. The molecule has 1 fully saturated rings. The van der Waals surface area contributed by atoms with Crippen LogP contribution in [0.25, 0.3) is 11.4 Å². The molecule has 1 saturated heterocycles. The number of benzene rings is 1. The van der Waals surface area contributed by atoms with E-state index in [0.717, 1.165) is 18.5 Å². The molecule has 1 N–H and O–H groups in total. The van der Waals surface area contributed by atoms with Gasteiger partial charge in [-0.2, -0.15) is 4.98 Å². The highest BCUT2D eigenvalue weighted by molar-refractivity contribution is 5.54. The topological polar surface area (TPSA) is 51.0 Å². The third kappa shape index (κ3) is 2.29. The van der Waals surface area contributed by atoms with Gasteiger partial charge >= 0.3 is 0 Å². The van der Waals surface area contributed by atoms with Crippen LogP contribution < -0.4 is 5.32 Å². The molecule has 1 aliphatic rings. The van der Waals surface area contributed by atoms with Crippen LogP contribution in [0.3, 0.4) is 0 Å². The average molecular weight is 243 g/mol. The minimum absolute atomic E-state index is 0.227. The summed E-state index contributed by atoms with van der Waals surface area (Å²) in [4.78, 5) is 4.49. The zero-order valence-corrected chi connectivity index (χ0v) is 10.5. The Labute approximate surface area is 106 Å². The van der Waals surface area contributed by atoms with Gasteiger partial charge in [0.2, 0.25) is 11.7 Å². The van der Waals surface area contributed by atoms with E-state index < -0.39 is 0 Å². The molecule has 4 nitrogen and oxygen atoms in total. The summed E-state index contributed by atoms with van der Waals surface area (Å²) >= 11 is 0. The second-order valence-electron chi connectivity index (χ2n) is 4.82. The van der Waals surface area contributed by atoms with E-state index >= 15 is 0 Å². The number of hydrogen-bond acceptors (Lipinski definition) is 4. The van der Waals surface area contributed by atoms with Crippen molar-refractivity contribution in [3.05, 3.63) is 35.7 Å². The second kappa shape index (κ2) is 4.90. The minimum Gasteiger partial charge on any atom is -0.337 e. The van der Waals surface area contributed by atoms with Gasteiger partial charge in [0.15, 0.2) is 0 Å². The first-order chi connectivity index (χ1) is 8.83. The van der Waals surface area contributed by atoms with E-state index in [1.54, 1.807) is 0 Å². The maximum absolute atomic E-state index is 5.37. The monoisotopic (exact) mass is 243 g/mol. The first-order valence-electron chi connectivity index (χ1n) is 6.47. The summed E-state index contributed by atoms with van der Waals surface area (Å²) in [6, 6.07) is 8.40. The zero-order valence-electron chi connectivity index (χ0n) is 10.5. The zero-order chi connectivity index (χ0) is 12.4. The molecule has 4 heteroatoms. The highest BCUT2D eigenvalue weighted by Crippen LogP contribution is 2.24. The first kappa shape index (κ1) is 11.4. The van der Waals surface area contributed by atoms with Gasteiger partial charge in [0, 0.05) is 5.56 Å². The molecular formula is C14H17N3O. The fourth-order valence-corrected chi connectivity index (χ4v) is 2.26. The van der Waals surface area contributed by atoms with Crippen LogP contribution >= 0.6 is 0 Å². The number of piperidine rings is 1. The van der Waals surface area contributed by atoms with Crippen LogP contribution in [-0.4, -0.2) is 16.7 Å². The van der Waals surface area contributed by atoms with Gasteiger partial charge in [-0.1, -0.05) is 41.4 Å². The van der Waals surface area contributed by atoms with Crippen molar-refractivity contribution in [2.75, 3.05) is 6.54 Å². The molecule has 0 radical (unpaired) electrons. The van der Waals surface area contributed by atoms with Crippen molar-refractivity contribution in [1.29, 1.82) is 0 Å². The molecule has 94 valence electrons. The molecule has 1 aliphatic heterocycles. The van der Waals surface area contributed by atoms with Gasteiger partial charge in [-0.15, -0.1) is 0 Å². The Bertz CT molecular complexity index is 512. The molecule has 1 aromatic carbocycles. The lowest BCUT2D eigenvalue weighted by atomic mass is 10.1.